The second-order valence-corrected chi connectivity index (χ2v) is 12.4. The molecule has 0 spiro atoms. The predicted octanol–water partition coefficient (Wildman–Crippen LogP) is 2.94. The van der Waals surface area contributed by atoms with E-state index in [2.05, 4.69) is 10.3 Å². The fraction of sp³-hybridized carbons (Fsp3) is 0.385. The van der Waals surface area contributed by atoms with Gasteiger partial charge in [0.25, 0.3) is 0 Å². The van der Waals surface area contributed by atoms with Gasteiger partial charge in [-0.05, 0) is 35.9 Å². The van der Waals surface area contributed by atoms with E-state index in [1.807, 2.05) is 31.2 Å². The number of carbonyl (C=O) groups is 3. The maximum atomic E-state index is 13.5. The summed E-state index contributed by atoms with van der Waals surface area (Å²) in [4.78, 5) is 44.6. The number of rotatable bonds is 8. The number of ether oxygens (including phenoxy) is 1. The fourth-order valence-electron chi connectivity index (χ4n) is 5.18. The zero-order valence-corrected chi connectivity index (χ0v) is 22.4. The fourth-order valence-corrected chi connectivity index (χ4v) is 7.80. The summed E-state index contributed by atoms with van der Waals surface area (Å²) >= 11 is 1.33. The van der Waals surface area contributed by atoms with Crippen molar-refractivity contribution < 1.29 is 27.5 Å². The highest BCUT2D eigenvalue weighted by atomic mass is 32.2. The van der Waals surface area contributed by atoms with Crippen LogP contribution in [0.25, 0.3) is 10.1 Å². The number of pyridine rings is 1. The van der Waals surface area contributed by atoms with Gasteiger partial charge in [0.15, 0.2) is 10.8 Å². The maximum absolute atomic E-state index is 13.5. The molecule has 3 unspecified atom stereocenters. The smallest absolute Gasteiger partial charge is 0.399 e. The third-order valence-electron chi connectivity index (χ3n) is 6.85. The molecule has 3 aromatic rings. The van der Waals surface area contributed by atoms with Crippen molar-refractivity contribution in [2.24, 2.45) is 0 Å². The van der Waals surface area contributed by atoms with Crippen molar-refractivity contribution in [3.8, 4) is 5.06 Å². The van der Waals surface area contributed by atoms with Gasteiger partial charge in [0.2, 0.25) is 15.9 Å². The van der Waals surface area contributed by atoms with E-state index in [-0.39, 0.29) is 24.6 Å². The molecule has 2 aliphatic rings. The van der Waals surface area contributed by atoms with Gasteiger partial charge in [0, 0.05) is 29.7 Å². The van der Waals surface area contributed by atoms with Gasteiger partial charge in [-0.3, -0.25) is 14.6 Å². The van der Waals surface area contributed by atoms with Crippen LogP contribution in [0.5, 0.6) is 5.06 Å². The first-order valence-electron chi connectivity index (χ1n) is 12.5. The molecule has 5 rings (SSSR count). The summed E-state index contributed by atoms with van der Waals surface area (Å²) in [6.45, 7) is 1.84. The Morgan fingerprint density at radius 3 is 2.79 bits per heavy atom. The molecule has 1 aromatic carbocycles. The van der Waals surface area contributed by atoms with Gasteiger partial charge in [0.05, 0.1) is 18.3 Å². The lowest BCUT2D eigenvalue weighted by Crippen LogP contribution is -2.53. The van der Waals surface area contributed by atoms with Crippen LogP contribution in [0, 0.1) is 0 Å². The Kier molecular flexibility index (Phi) is 7.46. The number of benzene rings is 1. The molecule has 12 heteroatoms. The van der Waals surface area contributed by atoms with Crippen molar-refractivity contribution in [3.05, 3.63) is 60.4 Å². The summed E-state index contributed by atoms with van der Waals surface area (Å²) in [6.07, 6.45) is 3.60. The van der Waals surface area contributed by atoms with E-state index >= 15 is 0 Å². The van der Waals surface area contributed by atoms with E-state index in [1.165, 1.54) is 26.7 Å². The minimum Gasteiger partial charge on any atom is -0.399 e. The van der Waals surface area contributed by atoms with Crippen LogP contribution >= 0.6 is 11.3 Å². The molecule has 0 aliphatic carbocycles. The highest BCUT2D eigenvalue weighted by Gasteiger charge is 2.54. The van der Waals surface area contributed by atoms with Gasteiger partial charge < -0.3 is 15.0 Å². The third kappa shape index (κ3) is 5.29. The highest BCUT2D eigenvalue weighted by molar-refractivity contribution is 7.88. The number of carbonyl (C=O) groups excluding carboxylic acids is 3. The van der Waals surface area contributed by atoms with E-state index in [0.29, 0.717) is 29.9 Å². The molecule has 2 saturated heterocycles. The van der Waals surface area contributed by atoms with Gasteiger partial charge >= 0.3 is 6.09 Å². The molecule has 2 aliphatic heterocycles. The molecule has 0 bridgehead atoms. The number of Topliss-reactive ketones (excluding diaryl/α,β-unsaturated/α-hetero) is 1. The minimum absolute atomic E-state index is 0.228. The third-order valence-corrected chi connectivity index (χ3v) is 9.66. The van der Waals surface area contributed by atoms with Crippen LogP contribution in [0.15, 0.2) is 54.9 Å². The monoisotopic (exact) mass is 556 g/mol. The lowest BCUT2D eigenvalue weighted by molar-refractivity contribution is -0.138. The van der Waals surface area contributed by atoms with Crippen LogP contribution in [0.4, 0.5) is 4.79 Å². The summed E-state index contributed by atoms with van der Waals surface area (Å²) in [7, 11) is -3.80. The van der Waals surface area contributed by atoms with Gasteiger partial charge in [-0.1, -0.05) is 48.9 Å². The molecule has 0 saturated carbocycles. The number of likely N-dealkylation sites (tertiary alicyclic amines) is 1. The molecule has 3 atom stereocenters. The van der Waals surface area contributed by atoms with Crippen molar-refractivity contribution in [2.45, 2.75) is 50.1 Å². The van der Waals surface area contributed by atoms with E-state index < -0.39 is 40.1 Å². The summed E-state index contributed by atoms with van der Waals surface area (Å²) in [6, 6.07) is 10.3. The van der Waals surface area contributed by atoms with Crippen molar-refractivity contribution in [3.63, 3.8) is 0 Å². The molecule has 2 aromatic heterocycles. The van der Waals surface area contributed by atoms with Crippen molar-refractivity contribution >= 4 is 49.2 Å². The van der Waals surface area contributed by atoms with E-state index in [9.17, 15) is 22.8 Å². The standard InChI is InChI=1S/C26H28N4O6S2/c1-2-6-19(28-26(33)36-23-13-18-8-3-4-9-22(18)37-23)25(32)29-12-10-20-24(29)21(31)15-30(20)38(34,35)16-17-7-5-11-27-14-17/h3-5,7-9,11,13-14,19-20,24H,2,6,10,12,15-16H2,1H3,(H,28,33). The first kappa shape index (κ1) is 26.3. The van der Waals surface area contributed by atoms with Gasteiger partial charge in [-0.25, -0.2) is 13.2 Å². The largest absolute Gasteiger partial charge is 0.414 e. The summed E-state index contributed by atoms with van der Waals surface area (Å²) in [5.41, 5.74) is 0.527. The number of aromatic nitrogens is 1. The molecular weight excluding hydrogens is 528 g/mol. The van der Waals surface area contributed by atoms with Crippen molar-refractivity contribution in [2.75, 3.05) is 13.1 Å². The summed E-state index contributed by atoms with van der Waals surface area (Å²) in [5, 5.41) is 4.02. The lowest BCUT2D eigenvalue weighted by Gasteiger charge is -2.28. The van der Waals surface area contributed by atoms with Crippen LogP contribution in [-0.2, 0) is 25.4 Å². The van der Waals surface area contributed by atoms with Crippen LogP contribution in [-0.4, -0.2) is 71.6 Å². The van der Waals surface area contributed by atoms with Crippen LogP contribution in [0.2, 0.25) is 0 Å². The number of hydrogen-bond acceptors (Lipinski definition) is 8. The van der Waals surface area contributed by atoms with Crippen LogP contribution in [0.1, 0.15) is 31.7 Å². The number of amides is 2. The molecule has 200 valence electrons. The normalized spacial score (nSPS) is 20.4. The minimum atomic E-state index is -3.80. The first-order valence-corrected chi connectivity index (χ1v) is 14.9. The zero-order valence-electron chi connectivity index (χ0n) is 20.8. The number of nitrogens with one attached hydrogen (secondary N) is 1. The summed E-state index contributed by atoms with van der Waals surface area (Å²) < 4.78 is 34.0. The Hall–Kier alpha value is -3.35. The van der Waals surface area contributed by atoms with Gasteiger partial charge in [-0.2, -0.15) is 4.31 Å². The molecule has 38 heavy (non-hydrogen) atoms. The van der Waals surface area contributed by atoms with Crippen molar-refractivity contribution in [1.29, 1.82) is 0 Å². The number of hydrogen-bond donors (Lipinski definition) is 1. The Balaban J connectivity index is 1.27. The topological polar surface area (TPSA) is 126 Å². The molecule has 2 fully saturated rings. The quantitative estimate of drug-likeness (QED) is 0.452. The Morgan fingerprint density at radius 2 is 2.05 bits per heavy atom. The van der Waals surface area contributed by atoms with Gasteiger partial charge in [-0.15, -0.1) is 0 Å². The van der Waals surface area contributed by atoms with Crippen LogP contribution in [0.3, 0.4) is 0 Å². The predicted molar refractivity (Wildman–Crippen MR) is 142 cm³/mol. The summed E-state index contributed by atoms with van der Waals surface area (Å²) in [5.74, 6) is -0.999. The van der Waals surface area contributed by atoms with Crippen molar-refractivity contribution in [1.82, 2.24) is 19.5 Å². The number of thiophene rings is 1. The Morgan fingerprint density at radius 1 is 1.24 bits per heavy atom. The zero-order chi connectivity index (χ0) is 26.9. The SMILES string of the molecule is CCCC(NC(=O)Oc1cc2ccccc2s1)C(=O)N1CCC2C1C(=O)CN2S(=O)(=O)Cc1cccnc1. The number of ketones is 1. The number of nitrogens with zero attached hydrogens (tertiary/aromatic N) is 3. The van der Waals surface area contributed by atoms with E-state index in [4.69, 9.17) is 4.74 Å². The van der Waals surface area contributed by atoms with E-state index in [1.54, 1.807) is 24.4 Å². The number of fused-ring (bicyclic) bond motifs is 2. The van der Waals surface area contributed by atoms with E-state index in [0.717, 1.165) is 10.1 Å². The molecule has 2 amide bonds. The second kappa shape index (κ2) is 10.8. The van der Waals surface area contributed by atoms with Crippen LogP contribution < -0.4 is 10.1 Å². The molecule has 1 N–H and O–H groups in total. The first-order chi connectivity index (χ1) is 18.3. The maximum Gasteiger partial charge on any atom is 0.414 e. The highest BCUT2D eigenvalue weighted by Crippen LogP contribution is 2.34. The molecular formula is C26H28N4O6S2. The average Bonchev–Trinajstić information content (AvgIpc) is 3.58. The number of sulfonamides is 1. The molecule has 4 heterocycles. The molecule has 10 nitrogen and oxygen atoms in total. The Labute approximate surface area is 224 Å². The Bertz CT molecular complexity index is 1430. The second-order valence-electron chi connectivity index (χ2n) is 9.44. The average molecular weight is 557 g/mol. The van der Waals surface area contributed by atoms with Gasteiger partial charge in [0.1, 0.15) is 12.1 Å². The molecule has 0 radical (unpaired) electrons. The lowest BCUT2D eigenvalue weighted by atomic mass is 10.1.